The third-order valence-corrected chi connectivity index (χ3v) is 2.57. The molecule has 0 N–H and O–H groups in total. The average Bonchev–Trinajstić information content (AvgIpc) is 2.02. The fourth-order valence-corrected chi connectivity index (χ4v) is 1.59. The second-order valence-electron chi connectivity index (χ2n) is 3.23. The Morgan fingerprint density at radius 2 is 1.80 bits per heavy atom. The van der Waals surface area contributed by atoms with Crippen LogP contribution in [0.25, 0.3) is 0 Å². The summed E-state index contributed by atoms with van der Waals surface area (Å²) in [6.45, 7) is 5.63. The van der Waals surface area contributed by atoms with Crippen LogP contribution in [0.1, 0.15) is 12.5 Å². The third-order valence-electron chi connectivity index (χ3n) is 1.72. The molecule has 0 saturated heterocycles. The van der Waals surface area contributed by atoms with Crippen LogP contribution in [-0.4, -0.2) is 13.0 Å². The normalized spacial score (nSPS) is 10.5. The van der Waals surface area contributed by atoms with Crippen molar-refractivity contribution in [1.82, 2.24) is 0 Å². The first kappa shape index (κ1) is 14.9. The van der Waals surface area contributed by atoms with E-state index in [0.717, 1.165) is 11.1 Å². The van der Waals surface area contributed by atoms with E-state index in [4.69, 9.17) is 0 Å². The molecule has 0 fully saturated rings. The van der Waals surface area contributed by atoms with Gasteiger partial charge in [-0.25, -0.2) is 8.42 Å². The molecule has 0 aromatic heterocycles. The van der Waals surface area contributed by atoms with E-state index in [-0.39, 0.29) is 34.5 Å². The topological polar surface area (TPSA) is 57.2 Å². The summed E-state index contributed by atoms with van der Waals surface area (Å²) in [5.41, 5.74) is 1.94. The van der Waals surface area contributed by atoms with Gasteiger partial charge in [0.05, 0.1) is 4.90 Å². The molecule has 15 heavy (non-hydrogen) atoms. The molecular formula is C10H11NaO3S. The summed E-state index contributed by atoms with van der Waals surface area (Å²) in [5.74, 6) is 0. The zero-order valence-corrected chi connectivity index (χ0v) is 11.7. The van der Waals surface area contributed by atoms with Crippen molar-refractivity contribution in [3.8, 4) is 0 Å². The summed E-state index contributed by atoms with van der Waals surface area (Å²) in [4.78, 5) is -0.192. The molecule has 0 aliphatic heterocycles. The van der Waals surface area contributed by atoms with Crippen LogP contribution in [0.5, 0.6) is 0 Å². The van der Waals surface area contributed by atoms with Gasteiger partial charge in [-0.2, -0.15) is 0 Å². The molecule has 0 aliphatic rings. The summed E-state index contributed by atoms with van der Waals surface area (Å²) in [5, 5.41) is 0. The van der Waals surface area contributed by atoms with Gasteiger partial charge in [-0.15, -0.1) is 0 Å². The van der Waals surface area contributed by atoms with E-state index < -0.39 is 10.1 Å². The summed E-state index contributed by atoms with van der Waals surface area (Å²) in [6.07, 6.45) is 0.694. The van der Waals surface area contributed by atoms with E-state index in [1.807, 2.05) is 6.92 Å². The maximum atomic E-state index is 10.6. The molecule has 5 heteroatoms. The number of benzene rings is 1. The van der Waals surface area contributed by atoms with E-state index in [1.165, 1.54) is 12.1 Å². The van der Waals surface area contributed by atoms with Crippen molar-refractivity contribution in [2.45, 2.75) is 18.2 Å². The van der Waals surface area contributed by atoms with Crippen molar-refractivity contribution >= 4 is 10.1 Å². The van der Waals surface area contributed by atoms with Gasteiger partial charge in [0.15, 0.2) is 0 Å². The van der Waals surface area contributed by atoms with E-state index in [0.29, 0.717) is 6.42 Å². The summed E-state index contributed by atoms with van der Waals surface area (Å²) in [7, 11) is -4.32. The van der Waals surface area contributed by atoms with Crippen molar-refractivity contribution < 1.29 is 42.5 Å². The summed E-state index contributed by atoms with van der Waals surface area (Å²) in [6, 6.07) is 5.89. The smallest absolute Gasteiger partial charge is 0.744 e. The first-order chi connectivity index (χ1) is 6.39. The summed E-state index contributed by atoms with van der Waals surface area (Å²) >= 11 is 0. The van der Waals surface area contributed by atoms with E-state index >= 15 is 0 Å². The molecule has 0 aliphatic carbocycles. The zero-order valence-electron chi connectivity index (χ0n) is 8.86. The molecule has 0 heterocycles. The molecule has 0 radical (unpaired) electrons. The molecule has 0 bridgehead atoms. The van der Waals surface area contributed by atoms with Crippen molar-refractivity contribution in [2.24, 2.45) is 0 Å². The minimum atomic E-state index is -4.32. The Morgan fingerprint density at radius 1 is 1.33 bits per heavy atom. The maximum absolute atomic E-state index is 10.6. The predicted octanol–water partition coefficient (Wildman–Crippen LogP) is -1.29. The minimum absolute atomic E-state index is 0. The van der Waals surface area contributed by atoms with Crippen LogP contribution >= 0.6 is 0 Å². The molecule has 1 rings (SSSR count). The Balaban J connectivity index is 0.00000196. The van der Waals surface area contributed by atoms with Crippen LogP contribution in [0.3, 0.4) is 0 Å². The fraction of sp³-hybridized carbons (Fsp3) is 0.200. The van der Waals surface area contributed by atoms with E-state index in [2.05, 4.69) is 6.58 Å². The van der Waals surface area contributed by atoms with Gasteiger partial charge in [0, 0.05) is 0 Å². The van der Waals surface area contributed by atoms with Gasteiger partial charge in [0.25, 0.3) is 0 Å². The molecule has 0 spiro atoms. The van der Waals surface area contributed by atoms with Crippen LogP contribution in [0.4, 0.5) is 0 Å². The van der Waals surface area contributed by atoms with Gasteiger partial charge >= 0.3 is 29.6 Å². The standard InChI is InChI=1S/C10H12O3S.Na/c1-8(2)7-9-3-5-10(6-4-9)14(11,12)13;/h3-6H,1,7H2,2H3,(H,11,12,13);/q;+1/p-1. The first-order valence-electron chi connectivity index (χ1n) is 4.09. The molecule has 0 unspecified atom stereocenters. The second-order valence-corrected chi connectivity index (χ2v) is 4.61. The Kier molecular flexibility index (Phi) is 5.77. The van der Waals surface area contributed by atoms with E-state index in [9.17, 15) is 13.0 Å². The molecular weight excluding hydrogens is 223 g/mol. The van der Waals surface area contributed by atoms with E-state index in [1.54, 1.807) is 12.1 Å². The fourth-order valence-electron chi connectivity index (χ4n) is 1.12. The predicted molar refractivity (Wildman–Crippen MR) is 52.9 cm³/mol. The van der Waals surface area contributed by atoms with Gasteiger partial charge in [-0.1, -0.05) is 24.3 Å². The number of rotatable bonds is 3. The van der Waals surface area contributed by atoms with Gasteiger partial charge in [0.1, 0.15) is 10.1 Å². The van der Waals surface area contributed by atoms with Crippen molar-refractivity contribution in [2.75, 3.05) is 0 Å². The summed E-state index contributed by atoms with van der Waals surface area (Å²) < 4.78 is 31.8. The largest absolute Gasteiger partial charge is 1.00 e. The quantitative estimate of drug-likeness (QED) is 0.371. The molecule has 1 aromatic rings. The van der Waals surface area contributed by atoms with Crippen LogP contribution in [-0.2, 0) is 16.5 Å². The Bertz CT molecular complexity index is 434. The minimum Gasteiger partial charge on any atom is -0.744 e. The SMILES string of the molecule is C=C(C)Cc1ccc(S(=O)(=O)[O-])cc1.[Na+]. The van der Waals surface area contributed by atoms with Gasteiger partial charge in [-0.3, -0.25) is 0 Å². The maximum Gasteiger partial charge on any atom is 1.00 e. The molecule has 0 amide bonds. The average molecular weight is 234 g/mol. The first-order valence-corrected chi connectivity index (χ1v) is 5.49. The van der Waals surface area contributed by atoms with Gasteiger partial charge in [0.2, 0.25) is 0 Å². The number of allylic oxidation sites excluding steroid dienone is 1. The van der Waals surface area contributed by atoms with Crippen LogP contribution in [0.15, 0.2) is 41.3 Å². The second kappa shape index (κ2) is 5.82. The molecule has 76 valence electrons. The molecule has 3 nitrogen and oxygen atoms in total. The van der Waals surface area contributed by atoms with Crippen molar-refractivity contribution in [1.29, 1.82) is 0 Å². The number of hydrogen-bond acceptors (Lipinski definition) is 3. The van der Waals surface area contributed by atoms with Gasteiger partial charge in [-0.05, 0) is 31.0 Å². The van der Waals surface area contributed by atoms with Crippen molar-refractivity contribution in [3.05, 3.63) is 42.0 Å². The molecule has 1 aromatic carbocycles. The van der Waals surface area contributed by atoms with Crippen molar-refractivity contribution in [3.63, 3.8) is 0 Å². The number of hydrogen-bond donors (Lipinski definition) is 0. The third kappa shape index (κ3) is 4.95. The Hall–Kier alpha value is -0.130. The molecule has 0 atom stereocenters. The monoisotopic (exact) mass is 234 g/mol. The Morgan fingerprint density at radius 3 is 2.13 bits per heavy atom. The van der Waals surface area contributed by atoms with Gasteiger partial charge < -0.3 is 4.55 Å². The van der Waals surface area contributed by atoms with Crippen LogP contribution in [0, 0.1) is 0 Å². The van der Waals surface area contributed by atoms with Crippen LogP contribution < -0.4 is 29.6 Å². The molecule has 0 saturated carbocycles. The van der Waals surface area contributed by atoms with Crippen LogP contribution in [0.2, 0.25) is 0 Å². The zero-order chi connectivity index (χ0) is 10.8. The Labute approximate surface area is 112 Å².